The van der Waals surface area contributed by atoms with Crippen molar-refractivity contribution in [3.05, 3.63) is 35.4 Å². The summed E-state index contributed by atoms with van der Waals surface area (Å²) in [5, 5.41) is 3.77. The average Bonchev–Trinajstić information content (AvgIpc) is 3.28. The molecule has 21 heavy (non-hydrogen) atoms. The summed E-state index contributed by atoms with van der Waals surface area (Å²) in [4.78, 5) is 2.68. The number of nitrogens with one attached hydrogen (secondary N) is 1. The summed E-state index contributed by atoms with van der Waals surface area (Å²) in [6, 6.07) is 9.32. The second kappa shape index (κ2) is 8.55. The minimum Gasteiger partial charge on any atom is -0.309 e. The Labute approximate surface area is 130 Å². The maximum Gasteiger partial charge on any atom is 0.0451 e. The van der Waals surface area contributed by atoms with Crippen LogP contribution in [0.4, 0.5) is 0 Å². The van der Waals surface area contributed by atoms with Crippen molar-refractivity contribution in [2.75, 3.05) is 26.2 Å². The van der Waals surface area contributed by atoms with Crippen molar-refractivity contribution in [3.8, 4) is 0 Å². The van der Waals surface area contributed by atoms with Gasteiger partial charge in [0.2, 0.25) is 0 Å². The van der Waals surface area contributed by atoms with Gasteiger partial charge in [0.25, 0.3) is 0 Å². The Morgan fingerprint density at radius 2 is 1.95 bits per heavy atom. The normalized spacial score (nSPS) is 16.4. The minimum atomic E-state index is 0.469. The van der Waals surface area contributed by atoms with Crippen molar-refractivity contribution < 1.29 is 0 Å². The second-order valence-corrected chi connectivity index (χ2v) is 6.57. The SMILES string of the molecule is CCCNC(CN(CCC)CC1CC1)c1ccccc1C. The van der Waals surface area contributed by atoms with Crippen LogP contribution in [0.15, 0.2) is 24.3 Å². The highest BCUT2D eigenvalue weighted by molar-refractivity contribution is 5.29. The quantitative estimate of drug-likeness (QED) is 0.695. The lowest BCUT2D eigenvalue weighted by atomic mass is 10.0. The van der Waals surface area contributed by atoms with Gasteiger partial charge in [-0.05, 0) is 62.7 Å². The summed E-state index contributed by atoms with van der Waals surface area (Å²) in [6.45, 7) is 11.5. The molecule has 1 fully saturated rings. The van der Waals surface area contributed by atoms with E-state index in [-0.39, 0.29) is 0 Å². The molecule has 0 saturated heterocycles. The van der Waals surface area contributed by atoms with Crippen LogP contribution in [-0.2, 0) is 0 Å². The molecule has 2 heteroatoms. The van der Waals surface area contributed by atoms with E-state index in [0.29, 0.717) is 6.04 Å². The zero-order chi connectivity index (χ0) is 15.1. The molecular formula is C19H32N2. The molecule has 1 aromatic carbocycles. The van der Waals surface area contributed by atoms with Gasteiger partial charge in [0.15, 0.2) is 0 Å². The number of benzene rings is 1. The molecule has 0 aliphatic heterocycles. The van der Waals surface area contributed by atoms with E-state index in [9.17, 15) is 0 Å². The molecule has 118 valence electrons. The Morgan fingerprint density at radius 1 is 1.19 bits per heavy atom. The zero-order valence-electron chi connectivity index (χ0n) is 14.1. The molecule has 1 aliphatic rings. The minimum absolute atomic E-state index is 0.469. The van der Waals surface area contributed by atoms with Crippen LogP contribution in [-0.4, -0.2) is 31.1 Å². The van der Waals surface area contributed by atoms with Crippen LogP contribution in [0.1, 0.15) is 56.7 Å². The summed E-state index contributed by atoms with van der Waals surface area (Å²) < 4.78 is 0. The van der Waals surface area contributed by atoms with E-state index in [4.69, 9.17) is 0 Å². The third kappa shape index (κ3) is 5.44. The number of aryl methyl sites for hydroxylation is 1. The Kier molecular flexibility index (Phi) is 6.72. The Bertz CT molecular complexity index is 412. The molecule has 1 unspecified atom stereocenters. The fraction of sp³-hybridized carbons (Fsp3) is 0.684. The van der Waals surface area contributed by atoms with Gasteiger partial charge in [-0.2, -0.15) is 0 Å². The lowest BCUT2D eigenvalue weighted by molar-refractivity contribution is 0.233. The van der Waals surface area contributed by atoms with E-state index in [2.05, 4.69) is 55.3 Å². The van der Waals surface area contributed by atoms with E-state index in [1.54, 1.807) is 0 Å². The van der Waals surface area contributed by atoms with Crippen molar-refractivity contribution >= 4 is 0 Å². The van der Waals surface area contributed by atoms with Crippen LogP contribution >= 0.6 is 0 Å². The first-order valence-corrected chi connectivity index (χ1v) is 8.75. The Morgan fingerprint density at radius 3 is 2.57 bits per heavy atom. The predicted octanol–water partition coefficient (Wildman–Crippen LogP) is 4.16. The van der Waals surface area contributed by atoms with Gasteiger partial charge in [0.05, 0.1) is 0 Å². The van der Waals surface area contributed by atoms with Gasteiger partial charge < -0.3 is 10.2 Å². The molecule has 0 aromatic heterocycles. The van der Waals surface area contributed by atoms with E-state index >= 15 is 0 Å². The molecule has 2 rings (SSSR count). The van der Waals surface area contributed by atoms with E-state index < -0.39 is 0 Å². The lowest BCUT2D eigenvalue weighted by Gasteiger charge is -2.29. The number of nitrogens with zero attached hydrogens (tertiary/aromatic N) is 1. The van der Waals surface area contributed by atoms with Crippen molar-refractivity contribution in [2.24, 2.45) is 5.92 Å². The molecule has 0 spiro atoms. The van der Waals surface area contributed by atoms with Gasteiger partial charge in [-0.25, -0.2) is 0 Å². The molecule has 2 nitrogen and oxygen atoms in total. The lowest BCUT2D eigenvalue weighted by Crippen LogP contribution is -2.37. The number of rotatable bonds is 10. The maximum absolute atomic E-state index is 3.77. The molecule has 1 N–H and O–H groups in total. The van der Waals surface area contributed by atoms with Crippen LogP contribution < -0.4 is 5.32 Å². The zero-order valence-corrected chi connectivity index (χ0v) is 14.1. The van der Waals surface area contributed by atoms with Gasteiger partial charge in [0.1, 0.15) is 0 Å². The summed E-state index contributed by atoms with van der Waals surface area (Å²) >= 11 is 0. The van der Waals surface area contributed by atoms with E-state index in [1.165, 1.54) is 49.9 Å². The van der Waals surface area contributed by atoms with Gasteiger partial charge >= 0.3 is 0 Å². The molecule has 0 bridgehead atoms. The average molecular weight is 288 g/mol. The van der Waals surface area contributed by atoms with Gasteiger partial charge in [0, 0.05) is 19.1 Å². The number of hydrogen-bond acceptors (Lipinski definition) is 2. The first kappa shape index (κ1) is 16.5. The first-order chi connectivity index (χ1) is 10.2. The standard InChI is InChI=1S/C19H32N2/c1-4-12-20-19(18-9-7-6-8-16(18)3)15-21(13-5-2)14-17-10-11-17/h6-9,17,19-20H,4-5,10-15H2,1-3H3. The summed E-state index contributed by atoms with van der Waals surface area (Å²) in [7, 11) is 0. The molecule has 1 aliphatic carbocycles. The molecule has 1 aromatic rings. The molecule has 1 atom stereocenters. The van der Waals surface area contributed by atoms with Gasteiger partial charge in [-0.15, -0.1) is 0 Å². The third-order valence-electron chi connectivity index (χ3n) is 4.40. The smallest absolute Gasteiger partial charge is 0.0451 e. The Balaban J connectivity index is 2.04. The van der Waals surface area contributed by atoms with Gasteiger partial charge in [-0.1, -0.05) is 38.1 Å². The van der Waals surface area contributed by atoms with Crippen molar-refractivity contribution in [1.29, 1.82) is 0 Å². The topological polar surface area (TPSA) is 15.3 Å². The van der Waals surface area contributed by atoms with Crippen LogP contribution in [0, 0.1) is 12.8 Å². The molecular weight excluding hydrogens is 256 g/mol. The fourth-order valence-electron chi connectivity index (χ4n) is 3.07. The van der Waals surface area contributed by atoms with Crippen LogP contribution in [0.5, 0.6) is 0 Å². The largest absolute Gasteiger partial charge is 0.309 e. The highest BCUT2D eigenvalue weighted by Gasteiger charge is 2.25. The molecule has 0 amide bonds. The molecule has 1 saturated carbocycles. The Hall–Kier alpha value is -0.860. The van der Waals surface area contributed by atoms with Crippen LogP contribution in [0.3, 0.4) is 0 Å². The third-order valence-corrected chi connectivity index (χ3v) is 4.40. The first-order valence-electron chi connectivity index (χ1n) is 8.75. The van der Waals surface area contributed by atoms with Crippen molar-refractivity contribution in [2.45, 2.75) is 52.5 Å². The fourth-order valence-corrected chi connectivity index (χ4v) is 3.07. The summed E-state index contributed by atoms with van der Waals surface area (Å²) in [6.07, 6.45) is 5.33. The summed E-state index contributed by atoms with van der Waals surface area (Å²) in [5.41, 5.74) is 2.89. The van der Waals surface area contributed by atoms with Crippen molar-refractivity contribution in [1.82, 2.24) is 10.2 Å². The van der Waals surface area contributed by atoms with Crippen LogP contribution in [0.2, 0.25) is 0 Å². The highest BCUT2D eigenvalue weighted by atomic mass is 15.2. The van der Waals surface area contributed by atoms with Crippen LogP contribution in [0.25, 0.3) is 0 Å². The van der Waals surface area contributed by atoms with Gasteiger partial charge in [-0.3, -0.25) is 0 Å². The predicted molar refractivity (Wildman–Crippen MR) is 91.7 cm³/mol. The van der Waals surface area contributed by atoms with Crippen molar-refractivity contribution in [3.63, 3.8) is 0 Å². The van der Waals surface area contributed by atoms with E-state index in [1.807, 2.05) is 0 Å². The maximum atomic E-state index is 3.77. The second-order valence-electron chi connectivity index (χ2n) is 6.57. The molecule has 0 heterocycles. The summed E-state index contributed by atoms with van der Waals surface area (Å²) in [5.74, 6) is 0.972. The highest BCUT2D eigenvalue weighted by Crippen LogP contribution is 2.30. The molecule has 0 radical (unpaired) electrons. The van der Waals surface area contributed by atoms with E-state index in [0.717, 1.165) is 19.0 Å². The number of hydrogen-bond donors (Lipinski definition) is 1. The monoisotopic (exact) mass is 288 g/mol.